The van der Waals surface area contributed by atoms with Crippen LogP contribution >= 0.6 is 11.3 Å². The van der Waals surface area contributed by atoms with Gasteiger partial charge >= 0.3 is 0 Å². The molecule has 1 amide bonds. The lowest BCUT2D eigenvalue weighted by Gasteiger charge is -2.34. The van der Waals surface area contributed by atoms with E-state index in [1.807, 2.05) is 4.90 Å². The third-order valence-electron chi connectivity index (χ3n) is 7.11. The van der Waals surface area contributed by atoms with Crippen LogP contribution in [0.5, 0.6) is 0 Å². The fraction of sp³-hybridized carbons (Fsp3) is 0.682. The van der Waals surface area contributed by atoms with Crippen LogP contribution in [0, 0.1) is 0 Å². The van der Waals surface area contributed by atoms with Crippen molar-refractivity contribution in [1.82, 2.24) is 14.5 Å². The lowest BCUT2D eigenvalue weighted by molar-refractivity contribution is -0.136. The van der Waals surface area contributed by atoms with Gasteiger partial charge in [0.2, 0.25) is 5.91 Å². The van der Waals surface area contributed by atoms with Gasteiger partial charge in [-0.3, -0.25) is 14.2 Å². The molecule has 0 spiro atoms. The van der Waals surface area contributed by atoms with Gasteiger partial charge in [-0.25, -0.2) is 13.4 Å². The summed E-state index contributed by atoms with van der Waals surface area (Å²) in [7, 11) is -3.09. The normalized spacial score (nSPS) is 23.7. The van der Waals surface area contributed by atoms with Gasteiger partial charge in [0.15, 0.2) is 9.84 Å². The molecule has 1 unspecified atom stereocenters. The minimum atomic E-state index is -3.09. The number of carbonyl (C=O) groups is 1. The molecule has 1 saturated heterocycles. The molecule has 1 atom stereocenters. The highest BCUT2D eigenvalue weighted by Gasteiger charge is 2.39. The highest BCUT2D eigenvalue weighted by molar-refractivity contribution is 7.91. The molecule has 0 radical (unpaired) electrons. The fourth-order valence-electron chi connectivity index (χ4n) is 5.58. The maximum atomic E-state index is 13.4. The third-order valence-corrected chi connectivity index (χ3v) is 10.1. The molecule has 31 heavy (non-hydrogen) atoms. The zero-order chi connectivity index (χ0) is 21.6. The van der Waals surface area contributed by atoms with Gasteiger partial charge in [-0.2, -0.15) is 0 Å². The molecule has 3 heterocycles. The first-order chi connectivity index (χ1) is 14.9. The van der Waals surface area contributed by atoms with Gasteiger partial charge in [-0.15, -0.1) is 11.3 Å². The number of hydrogen-bond acceptors (Lipinski definition) is 6. The molecule has 9 heteroatoms. The molecular weight excluding hydrogens is 434 g/mol. The lowest BCUT2D eigenvalue weighted by atomic mass is 10.1. The van der Waals surface area contributed by atoms with Crippen LogP contribution in [0.2, 0.25) is 0 Å². The highest BCUT2D eigenvalue weighted by Crippen LogP contribution is 2.33. The van der Waals surface area contributed by atoms with Crippen LogP contribution in [-0.4, -0.2) is 52.4 Å². The molecule has 2 aliphatic carbocycles. The molecule has 0 aromatic carbocycles. The molecule has 3 aliphatic rings. The van der Waals surface area contributed by atoms with E-state index >= 15 is 0 Å². The van der Waals surface area contributed by atoms with Crippen LogP contribution in [0.1, 0.15) is 61.8 Å². The number of rotatable bonds is 4. The van der Waals surface area contributed by atoms with Crippen molar-refractivity contribution in [2.45, 2.75) is 82.8 Å². The van der Waals surface area contributed by atoms with Gasteiger partial charge in [-0.1, -0.05) is 19.3 Å². The molecule has 2 fully saturated rings. The van der Waals surface area contributed by atoms with Gasteiger partial charge in [0.25, 0.3) is 5.56 Å². The predicted molar refractivity (Wildman–Crippen MR) is 121 cm³/mol. The van der Waals surface area contributed by atoms with Crippen molar-refractivity contribution in [1.29, 1.82) is 0 Å². The van der Waals surface area contributed by atoms with E-state index in [1.165, 1.54) is 22.2 Å². The number of aryl methyl sites for hydroxylation is 2. The van der Waals surface area contributed by atoms with Crippen molar-refractivity contribution in [3.05, 3.63) is 27.1 Å². The smallest absolute Gasteiger partial charge is 0.262 e. The zero-order valence-electron chi connectivity index (χ0n) is 17.7. The zero-order valence-corrected chi connectivity index (χ0v) is 19.3. The Bertz CT molecular complexity index is 1160. The van der Waals surface area contributed by atoms with Crippen molar-refractivity contribution in [2.75, 3.05) is 11.5 Å². The molecule has 0 bridgehead atoms. The predicted octanol–water partition coefficient (Wildman–Crippen LogP) is 2.69. The van der Waals surface area contributed by atoms with E-state index in [9.17, 15) is 18.0 Å². The fourth-order valence-corrected chi connectivity index (χ4v) is 8.51. The number of nitrogens with zero attached hydrogens (tertiary/aromatic N) is 3. The standard InChI is InChI=1S/C22H29N3O4S2/c26-19(25(15-6-4-5-7-15)16-10-11-31(28,29)13-16)12-24-14-23-21-20(22(24)27)17-8-2-1-3-9-18(17)30-21/h14-16H,1-13H2. The lowest BCUT2D eigenvalue weighted by Crippen LogP contribution is -2.49. The van der Waals surface area contributed by atoms with Crippen molar-refractivity contribution < 1.29 is 13.2 Å². The van der Waals surface area contributed by atoms with Crippen molar-refractivity contribution >= 4 is 37.3 Å². The molecule has 7 nitrogen and oxygen atoms in total. The highest BCUT2D eigenvalue weighted by atomic mass is 32.2. The average Bonchev–Trinajstić information content (AvgIpc) is 3.41. The van der Waals surface area contributed by atoms with E-state index < -0.39 is 9.84 Å². The molecule has 1 aliphatic heterocycles. The maximum absolute atomic E-state index is 13.4. The number of amides is 1. The summed E-state index contributed by atoms with van der Waals surface area (Å²) in [6.45, 7) is -0.0700. The summed E-state index contributed by atoms with van der Waals surface area (Å²) >= 11 is 1.62. The molecule has 0 N–H and O–H groups in total. The number of thiophene rings is 1. The Morgan fingerprint density at radius 1 is 1.10 bits per heavy atom. The molecular formula is C22H29N3O4S2. The topological polar surface area (TPSA) is 89.3 Å². The summed E-state index contributed by atoms with van der Waals surface area (Å²) in [5.74, 6) is 0.0286. The number of fused-ring (bicyclic) bond motifs is 3. The second kappa shape index (κ2) is 8.31. The summed E-state index contributed by atoms with van der Waals surface area (Å²) in [5, 5.41) is 0.688. The van der Waals surface area contributed by atoms with Gasteiger partial charge < -0.3 is 4.90 Å². The number of aromatic nitrogens is 2. The molecule has 5 rings (SSSR count). The van der Waals surface area contributed by atoms with Gasteiger partial charge in [0, 0.05) is 17.0 Å². The summed E-state index contributed by atoms with van der Waals surface area (Å²) in [6, 6.07) is -0.193. The average molecular weight is 464 g/mol. The molecule has 2 aromatic rings. The van der Waals surface area contributed by atoms with Crippen LogP contribution in [0.15, 0.2) is 11.1 Å². The molecule has 2 aromatic heterocycles. The monoisotopic (exact) mass is 463 g/mol. The Morgan fingerprint density at radius 3 is 2.61 bits per heavy atom. The van der Waals surface area contributed by atoms with Crippen LogP contribution in [0.3, 0.4) is 0 Å². The van der Waals surface area contributed by atoms with Crippen molar-refractivity contribution in [3.8, 4) is 0 Å². The summed E-state index contributed by atoms with van der Waals surface area (Å²) in [5.41, 5.74) is 0.995. The van der Waals surface area contributed by atoms with Crippen LogP contribution in [0.25, 0.3) is 10.2 Å². The van der Waals surface area contributed by atoms with Crippen molar-refractivity contribution in [3.63, 3.8) is 0 Å². The van der Waals surface area contributed by atoms with Crippen LogP contribution in [0.4, 0.5) is 0 Å². The first kappa shape index (κ1) is 21.1. The molecule has 168 valence electrons. The van der Waals surface area contributed by atoms with E-state index in [-0.39, 0.29) is 41.6 Å². The first-order valence-electron chi connectivity index (χ1n) is 11.4. The minimum Gasteiger partial charge on any atom is -0.334 e. The van der Waals surface area contributed by atoms with E-state index in [4.69, 9.17) is 0 Å². The first-order valence-corrected chi connectivity index (χ1v) is 14.1. The summed E-state index contributed by atoms with van der Waals surface area (Å²) in [4.78, 5) is 35.1. The van der Waals surface area contributed by atoms with Crippen molar-refractivity contribution in [2.24, 2.45) is 0 Å². The van der Waals surface area contributed by atoms with Crippen LogP contribution < -0.4 is 5.56 Å². The Labute approximate surface area is 186 Å². The maximum Gasteiger partial charge on any atom is 0.262 e. The summed E-state index contributed by atoms with van der Waals surface area (Å²) < 4.78 is 25.6. The second-order valence-corrected chi connectivity index (χ2v) is 12.5. The van der Waals surface area contributed by atoms with E-state index in [0.29, 0.717) is 11.8 Å². The van der Waals surface area contributed by atoms with Gasteiger partial charge in [0.05, 0.1) is 23.2 Å². The van der Waals surface area contributed by atoms with E-state index in [0.717, 1.165) is 61.8 Å². The Hall–Kier alpha value is -1.74. The largest absolute Gasteiger partial charge is 0.334 e. The Kier molecular flexibility index (Phi) is 5.66. The van der Waals surface area contributed by atoms with E-state index in [1.54, 1.807) is 11.3 Å². The second-order valence-electron chi connectivity index (χ2n) is 9.22. The molecule has 1 saturated carbocycles. The quantitative estimate of drug-likeness (QED) is 0.651. The summed E-state index contributed by atoms with van der Waals surface area (Å²) in [6.07, 6.45) is 11.2. The SMILES string of the molecule is O=C(Cn1cnc2sc3c(c2c1=O)CCCCC3)N(C1CCCC1)C1CCS(=O)(=O)C1. The van der Waals surface area contributed by atoms with Gasteiger partial charge in [0.1, 0.15) is 11.4 Å². The van der Waals surface area contributed by atoms with E-state index in [2.05, 4.69) is 4.98 Å². The Balaban J connectivity index is 1.46. The third kappa shape index (κ3) is 4.06. The van der Waals surface area contributed by atoms with Gasteiger partial charge in [-0.05, 0) is 50.5 Å². The number of sulfone groups is 1. The minimum absolute atomic E-state index is 0.0411. The number of carbonyl (C=O) groups excluding carboxylic acids is 1. The number of hydrogen-bond donors (Lipinski definition) is 0. The Morgan fingerprint density at radius 2 is 1.87 bits per heavy atom. The van der Waals surface area contributed by atoms with Crippen LogP contribution in [-0.2, 0) is 34.0 Å².